The van der Waals surface area contributed by atoms with E-state index in [-0.39, 0.29) is 16.1 Å². The highest BCUT2D eigenvalue weighted by atomic mass is 32.1. The maximum atomic E-state index is 12.0. The topological polar surface area (TPSA) is 117 Å². The summed E-state index contributed by atoms with van der Waals surface area (Å²) in [6.07, 6.45) is 1.64. The second-order valence-electron chi connectivity index (χ2n) is 6.96. The van der Waals surface area contributed by atoms with Crippen molar-refractivity contribution < 1.29 is 9.90 Å². The first-order valence-electron chi connectivity index (χ1n) is 7.96. The van der Waals surface area contributed by atoms with Crippen LogP contribution in [0.3, 0.4) is 0 Å². The number of nitrogens with one attached hydrogen (secondary N) is 2. The summed E-state index contributed by atoms with van der Waals surface area (Å²) in [5, 5.41) is 20.5. The number of thiocarbonyl (C=S) groups is 1. The highest BCUT2D eigenvalue weighted by Gasteiger charge is 2.26. The number of carboxylic acids is 1. The van der Waals surface area contributed by atoms with Gasteiger partial charge in [0.1, 0.15) is 0 Å². The van der Waals surface area contributed by atoms with Gasteiger partial charge < -0.3 is 16.2 Å². The van der Waals surface area contributed by atoms with Crippen molar-refractivity contribution in [1.82, 2.24) is 15.2 Å². The predicted molar refractivity (Wildman–Crippen MR) is 105 cm³/mol. The second kappa shape index (κ2) is 6.38. The van der Waals surface area contributed by atoms with Crippen molar-refractivity contribution in [3.8, 4) is 11.3 Å². The summed E-state index contributed by atoms with van der Waals surface area (Å²) in [6, 6.07) is 7.20. The Hall–Kier alpha value is -3.00. The summed E-state index contributed by atoms with van der Waals surface area (Å²) >= 11 is 4.87. The number of aromatic carboxylic acids is 1. The molecule has 7 nitrogen and oxygen atoms in total. The lowest BCUT2D eigenvalue weighted by Gasteiger charge is -2.22. The molecule has 0 bridgehead atoms. The Morgan fingerprint density at radius 3 is 2.65 bits per heavy atom. The molecule has 0 spiro atoms. The summed E-state index contributed by atoms with van der Waals surface area (Å²) in [7, 11) is 0. The minimum Gasteiger partial charge on any atom is -0.478 e. The van der Waals surface area contributed by atoms with Crippen molar-refractivity contribution in [2.75, 3.05) is 5.32 Å². The number of H-pyrrole nitrogens is 1. The van der Waals surface area contributed by atoms with Gasteiger partial charge in [0, 0.05) is 17.1 Å². The van der Waals surface area contributed by atoms with E-state index in [1.165, 1.54) is 0 Å². The van der Waals surface area contributed by atoms with Gasteiger partial charge in [0.05, 0.1) is 16.8 Å². The first-order valence-corrected chi connectivity index (χ1v) is 8.37. The van der Waals surface area contributed by atoms with Gasteiger partial charge in [0.15, 0.2) is 10.9 Å². The average molecular weight is 369 g/mol. The van der Waals surface area contributed by atoms with E-state index < -0.39 is 5.97 Å². The number of hydrogen-bond acceptors (Lipinski definition) is 4. The number of carbonyl (C=O) groups is 1. The van der Waals surface area contributed by atoms with Gasteiger partial charge in [-0.25, -0.2) is 4.79 Å². The zero-order chi connectivity index (χ0) is 19.1. The Bertz CT molecular complexity index is 1020. The monoisotopic (exact) mass is 369 g/mol. The van der Waals surface area contributed by atoms with Crippen LogP contribution >= 0.6 is 12.2 Å². The summed E-state index contributed by atoms with van der Waals surface area (Å²) in [5.41, 5.74) is 7.99. The fourth-order valence-electron chi connectivity index (χ4n) is 2.90. The van der Waals surface area contributed by atoms with Gasteiger partial charge in [-0.05, 0) is 41.4 Å². The standard InChI is InChI=1S/C18H19N5O2S/c1-18(2,3)11-6-7-20-14(13(11)16(24)25)9-4-5-12-10(8-9)15(23-22-12)21-17(19)26/h4-8H,1-3H3,(H,24,25)(H4,19,21,22,23,26). The van der Waals surface area contributed by atoms with Gasteiger partial charge in [-0.1, -0.05) is 26.8 Å². The number of aromatic amines is 1. The van der Waals surface area contributed by atoms with Gasteiger partial charge in [-0.15, -0.1) is 0 Å². The molecule has 0 saturated carbocycles. The lowest BCUT2D eigenvalue weighted by molar-refractivity contribution is 0.0694. The molecule has 1 aromatic carbocycles. The summed E-state index contributed by atoms with van der Waals surface area (Å²) in [6.45, 7) is 5.92. The number of benzene rings is 1. The molecule has 0 aliphatic carbocycles. The van der Waals surface area contributed by atoms with Crippen molar-refractivity contribution in [2.24, 2.45) is 5.73 Å². The molecule has 0 unspecified atom stereocenters. The predicted octanol–water partition coefficient (Wildman–Crippen LogP) is 3.28. The molecule has 0 radical (unpaired) electrons. The molecule has 0 amide bonds. The number of nitrogens with zero attached hydrogens (tertiary/aromatic N) is 2. The molecule has 134 valence electrons. The largest absolute Gasteiger partial charge is 0.478 e. The van der Waals surface area contributed by atoms with Crippen LogP contribution in [-0.4, -0.2) is 31.4 Å². The summed E-state index contributed by atoms with van der Waals surface area (Å²) in [5.74, 6) is -0.523. The molecule has 3 rings (SSSR count). The van der Waals surface area contributed by atoms with E-state index >= 15 is 0 Å². The van der Waals surface area contributed by atoms with Crippen molar-refractivity contribution in [3.05, 3.63) is 41.6 Å². The van der Waals surface area contributed by atoms with Crippen LogP contribution in [0.15, 0.2) is 30.5 Å². The SMILES string of the molecule is CC(C)(C)c1ccnc(-c2ccc3[nH]nc(NC(N)=S)c3c2)c1C(=O)O. The number of aromatic nitrogens is 3. The fraction of sp³-hybridized carbons (Fsp3) is 0.222. The van der Waals surface area contributed by atoms with Crippen LogP contribution in [0.4, 0.5) is 5.82 Å². The second-order valence-corrected chi connectivity index (χ2v) is 7.40. The lowest BCUT2D eigenvalue weighted by Crippen LogP contribution is -2.19. The molecule has 26 heavy (non-hydrogen) atoms. The van der Waals surface area contributed by atoms with Crippen LogP contribution < -0.4 is 11.1 Å². The molecule has 5 N–H and O–H groups in total. The zero-order valence-corrected chi connectivity index (χ0v) is 15.4. The van der Waals surface area contributed by atoms with Crippen LogP contribution in [-0.2, 0) is 5.41 Å². The van der Waals surface area contributed by atoms with Gasteiger partial charge in [-0.2, -0.15) is 5.10 Å². The highest BCUT2D eigenvalue weighted by Crippen LogP contribution is 2.33. The number of hydrogen-bond donors (Lipinski definition) is 4. The van der Waals surface area contributed by atoms with E-state index in [1.807, 2.05) is 39.0 Å². The van der Waals surface area contributed by atoms with E-state index in [0.717, 1.165) is 16.5 Å². The Balaban J connectivity index is 2.23. The quantitative estimate of drug-likeness (QED) is 0.523. The molecule has 3 aromatic rings. The van der Waals surface area contributed by atoms with Crippen LogP contribution in [0, 0.1) is 0 Å². The van der Waals surface area contributed by atoms with Crippen LogP contribution in [0.1, 0.15) is 36.7 Å². The molecule has 2 aromatic heterocycles. The van der Waals surface area contributed by atoms with E-state index in [2.05, 4.69) is 20.5 Å². The Morgan fingerprint density at radius 2 is 2.04 bits per heavy atom. The third kappa shape index (κ3) is 3.23. The summed E-state index contributed by atoms with van der Waals surface area (Å²) < 4.78 is 0. The van der Waals surface area contributed by atoms with Crippen LogP contribution in [0.5, 0.6) is 0 Å². The highest BCUT2D eigenvalue weighted by molar-refractivity contribution is 7.80. The Kier molecular flexibility index (Phi) is 4.37. The molecule has 0 aliphatic rings. The van der Waals surface area contributed by atoms with E-state index in [4.69, 9.17) is 18.0 Å². The minimum atomic E-state index is -1.01. The zero-order valence-electron chi connectivity index (χ0n) is 14.6. The molecular weight excluding hydrogens is 350 g/mol. The van der Waals surface area contributed by atoms with Crippen molar-refractivity contribution in [3.63, 3.8) is 0 Å². The number of nitrogens with two attached hydrogens (primary N) is 1. The number of carboxylic acid groups (broad SMARTS) is 1. The molecule has 2 heterocycles. The number of anilines is 1. The maximum absolute atomic E-state index is 12.0. The number of fused-ring (bicyclic) bond motifs is 1. The molecule has 8 heteroatoms. The number of rotatable bonds is 3. The molecule has 0 saturated heterocycles. The summed E-state index contributed by atoms with van der Waals surface area (Å²) in [4.78, 5) is 16.3. The van der Waals surface area contributed by atoms with Crippen molar-refractivity contribution in [2.45, 2.75) is 26.2 Å². The molecule has 0 fully saturated rings. The first kappa shape index (κ1) is 17.8. The fourth-order valence-corrected chi connectivity index (χ4v) is 2.99. The first-order chi connectivity index (χ1) is 12.2. The molecular formula is C18H19N5O2S. The normalized spacial score (nSPS) is 11.5. The van der Waals surface area contributed by atoms with E-state index in [9.17, 15) is 9.90 Å². The molecule has 0 aliphatic heterocycles. The smallest absolute Gasteiger partial charge is 0.338 e. The van der Waals surface area contributed by atoms with Crippen LogP contribution in [0.25, 0.3) is 22.2 Å². The van der Waals surface area contributed by atoms with E-state index in [1.54, 1.807) is 12.3 Å². The van der Waals surface area contributed by atoms with Gasteiger partial charge in [0.25, 0.3) is 0 Å². The van der Waals surface area contributed by atoms with Gasteiger partial charge in [0.2, 0.25) is 0 Å². The lowest BCUT2D eigenvalue weighted by atomic mass is 9.83. The maximum Gasteiger partial charge on any atom is 0.338 e. The Morgan fingerprint density at radius 1 is 1.31 bits per heavy atom. The van der Waals surface area contributed by atoms with Gasteiger partial charge >= 0.3 is 5.97 Å². The van der Waals surface area contributed by atoms with Crippen molar-refractivity contribution in [1.29, 1.82) is 0 Å². The van der Waals surface area contributed by atoms with Gasteiger partial charge in [-0.3, -0.25) is 10.1 Å². The van der Waals surface area contributed by atoms with Crippen LogP contribution in [0.2, 0.25) is 0 Å². The van der Waals surface area contributed by atoms with E-state index in [0.29, 0.717) is 17.1 Å². The third-order valence-electron chi connectivity index (χ3n) is 4.05. The Labute approximate surface area is 155 Å². The average Bonchev–Trinajstić information content (AvgIpc) is 2.95. The molecule has 0 atom stereocenters. The minimum absolute atomic E-state index is 0.0999. The van der Waals surface area contributed by atoms with Crippen molar-refractivity contribution >= 4 is 40.0 Å². The number of pyridine rings is 1. The third-order valence-corrected chi connectivity index (χ3v) is 4.15.